The molecular formula is C27H33FN4O4. The highest BCUT2D eigenvalue weighted by Gasteiger charge is 2.26. The van der Waals surface area contributed by atoms with Gasteiger partial charge >= 0.3 is 0 Å². The Morgan fingerprint density at radius 3 is 2.72 bits per heavy atom. The van der Waals surface area contributed by atoms with Crippen molar-refractivity contribution in [2.45, 2.75) is 50.5 Å². The monoisotopic (exact) mass is 496 g/mol. The van der Waals surface area contributed by atoms with E-state index < -0.39 is 12.7 Å². The number of fused-ring (bicyclic) bond motifs is 1. The summed E-state index contributed by atoms with van der Waals surface area (Å²) in [6.07, 6.45) is 7.38. The van der Waals surface area contributed by atoms with E-state index in [1.165, 1.54) is 20.0 Å². The van der Waals surface area contributed by atoms with Crippen molar-refractivity contribution in [3.63, 3.8) is 0 Å². The number of carbonyl (C=O) groups excluding carboxylic acids is 1. The van der Waals surface area contributed by atoms with E-state index in [0.29, 0.717) is 48.3 Å². The summed E-state index contributed by atoms with van der Waals surface area (Å²) in [7, 11) is 3.13. The molecule has 1 amide bonds. The van der Waals surface area contributed by atoms with Crippen molar-refractivity contribution in [3.8, 4) is 11.5 Å². The van der Waals surface area contributed by atoms with Crippen LogP contribution in [0.4, 0.5) is 4.39 Å². The zero-order chi connectivity index (χ0) is 25.5. The number of halogens is 1. The van der Waals surface area contributed by atoms with Crippen LogP contribution in [0.25, 0.3) is 10.8 Å². The average molecular weight is 497 g/mol. The molecule has 192 valence electrons. The van der Waals surface area contributed by atoms with Crippen LogP contribution in [0.5, 0.6) is 11.5 Å². The van der Waals surface area contributed by atoms with Gasteiger partial charge in [0.1, 0.15) is 35.8 Å². The molecular weight excluding hydrogens is 463 g/mol. The summed E-state index contributed by atoms with van der Waals surface area (Å²) < 4.78 is 29.7. The molecule has 1 aliphatic rings. The fourth-order valence-electron chi connectivity index (χ4n) is 4.75. The third-order valence-electron chi connectivity index (χ3n) is 6.67. The lowest BCUT2D eigenvalue weighted by Gasteiger charge is -2.18. The smallest absolute Gasteiger partial charge is 0.255 e. The minimum absolute atomic E-state index is 0.161. The average Bonchev–Trinajstić information content (AvgIpc) is 3.61. The molecule has 1 aromatic heterocycles. The minimum atomic E-state index is -0.836. The van der Waals surface area contributed by atoms with Crippen LogP contribution < -0.4 is 20.1 Å². The van der Waals surface area contributed by atoms with E-state index in [9.17, 15) is 9.18 Å². The Morgan fingerprint density at radius 1 is 1.22 bits per heavy atom. The van der Waals surface area contributed by atoms with E-state index in [4.69, 9.17) is 19.3 Å². The van der Waals surface area contributed by atoms with Gasteiger partial charge in [0.2, 0.25) is 5.89 Å². The van der Waals surface area contributed by atoms with E-state index in [2.05, 4.69) is 15.6 Å². The Bertz CT molecular complexity index is 1210. The van der Waals surface area contributed by atoms with Crippen molar-refractivity contribution in [2.75, 3.05) is 27.4 Å². The quantitative estimate of drug-likeness (QED) is 0.189. The number of alkyl halides is 1. The number of methoxy groups -OCH3 is 2. The normalized spacial score (nSPS) is 14.5. The van der Waals surface area contributed by atoms with Gasteiger partial charge in [-0.2, -0.15) is 0 Å². The summed E-state index contributed by atoms with van der Waals surface area (Å²) in [5, 5.41) is 14.9. The lowest BCUT2D eigenvalue weighted by molar-refractivity contribution is 0.0923. The van der Waals surface area contributed by atoms with Gasteiger partial charge in [0.05, 0.1) is 26.0 Å². The van der Waals surface area contributed by atoms with E-state index in [0.717, 1.165) is 29.4 Å². The van der Waals surface area contributed by atoms with E-state index in [-0.39, 0.29) is 11.7 Å². The minimum Gasteiger partial charge on any atom is -0.496 e. The molecule has 0 unspecified atom stereocenters. The van der Waals surface area contributed by atoms with Gasteiger partial charge in [-0.25, -0.2) is 9.37 Å². The first-order valence-corrected chi connectivity index (χ1v) is 12.3. The molecule has 0 radical (unpaired) electrons. The summed E-state index contributed by atoms with van der Waals surface area (Å²) in [5.74, 6) is 2.33. The molecule has 3 aromatic rings. The zero-order valence-corrected chi connectivity index (χ0v) is 20.7. The van der Waals surface area contributed by atoms with Crippen molar-refractivity contribution in [1.29, 1.82) is 5.41 Å². The molecule has 1 saturated carbocycles. The number of oxazole rings is 1. The first-order chi connectivity index (χ1) is 17.5. The number of nitrogens with zero attached hydrogens (tertiary/aromatic N) is 1. The predicted octanol–water partition coefficient (Wildman–Crippen LogP) is 5.29. The maximum absolute atomic E-state index is 13.5. The molecule has 1 aliphatic carbocycles. The molecule has 0 saturated heterocycles. The van der Waals surface area contributed by atoms with Gasteiger partial charge in [-0.15, -0.1) is 0 Å². The number of amidine groups is 1. The molecule has 1 atom stereocenters. The van der Waals surface area contributed by atoms with Crippen LogP contribution in [-0.4, -0.2) is 44.2 Å². The summed E-state index contributed by atoms with van der Waals surface area (Å²) >= 11 is 0. The topological polar surface area (TPSA) is 109 Å². The number of amides is 1. The summed E-state index contributed by atoms with van der Waals surface area (Å²) in [4.78, 5) is 18.0. The van der Waals surface area contributed by atoms with E-state index >= 15 is 0 Å². The number of rotatable bonds is 11. The van der Waals surface area contributed by atoms with Crippen LogP contribution in [0.15, 0.2) is 40.9 Å². The maximum atomic E-state index is 13.5. The van der Waals surface area contributed by atoms with Crippen molar-refractivity contribution >= 4 is 22.5 Å². The summed E-state index contributed by atoms with van der Waals surface area (Å²) in [5.41, 5.74) is 0.392. The Kier molecular flexibility index (Phi) is 8.40. The van der Waals surface area contributed by atoms with Gasteiger partial charge < -0.3 is 24.5 Å². The van der Waals surface area contributed by atoms with Crippen LogP contribution in [-0.2, 0) is 0 Å². The number of benzene rings is 2. The molecule has 8 nitrogen and oxygen atoms in total. The molecule has 0 aliphatic heterocycles. The lowest BCUT2D eigenvalue weighted by atomic mass is 10.0. The van der Waals surface area contributed by atoms with Crippen LogP contribution in [0.3, 0.4) is 0 Å². The van der Waals surface area contributed by atoms with E-state index in [1.54, 1.807) is 25.4 Å². The molecule has 36 heavy (non-hydrogen) atoms. The van der Waals surface area contributed by atoms with Crippen LogP contribution in [0.1, 0.15) is 72.5 Å². The van der Waals surface area contributed by atoms with Crippen LogP contribution in [0, 0.1) is 5.41 Å². The number of hydrogen-bond acceptors (Lipinski definition) is 6. The number of aromatic nitrogens is 1. The van der Waals surface area contributed by atoms with Crippen LogP contribution >= 0.6 is 0 Å². The van der Waals surface area contributed by atoms with Crippen molar-refractivity contribution < 1.29 is 23.1 Å². The number of nitrogens with one attached hydrogen (secondary N) is 3. The van der Waals surface area contributed by atoms with Crippen molar-refractivity contribution in [2.24, 2.45) is 0 Å². The molecule has 4 rings (SSSR count). The second-order valence-electron chi connectivity index (χ2n) is 9.02. The summed E-state index contributed by atoms with van der Waals surface area (Å²) in [6, 6.07) is 8.75. The SMILES string of the molecule is COc1cc2c(OC)cccc2cc1C(=O)N[C@@H](CCCNC(=N)CF)c1ncc(C2CCCC2)o1. The Labute approximate surface area is 210 Å². The predicted molar refractivity (Wildman–Crippen MR) is 136 cm³/mol. The molecule has 0 bridgehead atoms. The number of carbonyl (C=O) groups is 1. The second-order valence-corrected chi connectivity index (χ2v) is 9.02. The first-order valence-electron chi connectivity index (χ1n) is 12.3. The largest absolute Gasteiger partial charge is 0.496 e. The second kappa shape index (κ2) is 11.9. The zero-order valence-electron chi connectivity index (χ0n) is 20.7. The van der Waals surface area contributed by atoms with Gasteiger partial charge in [0, 0.05) is 17.8 Å². The Morgan fingerprint density at radius 2 is 2.00 bits per heavy atom. The molecule has 1 fully saturated rings. The Balaban J connectivity index is 1.57. The third kappa shape index (κ3) is 5.78. The fraction of sp³-hybridized carbons (Fsp3) is 0.444. The standard InChI is InChI=1S/C27H33FN4O4/c1-34-22-11-5-9-18-13-20(23(35-2)14-19(18)22)26(33)32-21(10-6-12-30-25(29)15-28)27-31-16-24(36-27)17-7-3-4-8-17/h5,9,11,13-14,16-17,21H,3-4,6-8,10,12,15H2,1-2H3,(H2,29,30)(H,32,33)/t21-/m0/s1. The highest BCUT2D eigenvalue weighted by atomic mass is 19.1. The van der Waals surface area contributed by atoms with Gasteiger partial charge in [0.25, 0.3) is 5.91 Å². The van der Waals surface area contributed by atoms with Crippen molar-refractivity contribution in [3.05, 3.63) is 53.7 Å². The number of ether oxygens (including phenoxy) is 2. The van der Waals surface area contributed by atoms with Gasteiger partial charge in [-0.05, 0) is 49.3 Å². The molecule has 2 aromatic carbocycles. The highest BCUT2D eigenvalue weighted by molar-refractivity contribution is 6.03. The third-order valence-corrected chi connectivity index (χ3v) is 6.67. The van der Waals surface area contributed by atoms with E-state index in [1.807, 2.05) is 18.2 Å². The maximum Gasteiger partial charge on any atom is 0.255 e. The van der Waals surface area contributed by atoms with Crippen molar-refractivity contribution in [1.82, 2.24) is 15.6 Å². The molecule has 0 spiro atoms. The molecule has 9 heteroatoms. The lowest BCUT2D eigenvalue weighted by Crippen LogP contribution is -2.31. The highest BCUT2D eigenvalue weighted by Crippen LogP contribution is 2.36. The first kappa shape index (κ1) is 25.5. The fourth-order valence-corrected chi connectivity index (χ4v) is 4.75. The van der Waals surface area contributed by atoms with Gasteiger partial charge in [-0.3, -0.25) is 10.2 Å². The van der Waals surface area contributed by atoms with Crippen LogP contribution in [0.2, 0.25) is 0 Å². The number of hydrogen-bond donors (Lipinski definition) is 3. The summed E-state index contributed by atoms with van der Waals surface area (Å²) in [6.45, 7) is -0.429. The Hall–Kier alpha value is -3.62. The van der Waals surface area contributed by atoms with Gasteiger partial charge in [0.15, 0.2) is 0 Å². The molecule has 1 heterocycles. The van der Waals surface area contributed by atoms with Gasteiger partial charge in [-0.1, -0.05) is 25.0 Å². The molecule has 3 N–H and O–H groups in total.